The summed E-state index contributed by atoms with van der Waals surface area (Å²) in [6, 6.07) is 13.4. The molecule has 1 saturated carbocycles. The standard InChI is InChI=1S/C29H34N4O4S/c1-18-9-7-10-19(2)27(18)25-17-26-32-29(31-25)33-38(35,36)23-14-8-13-22(16-23)28(34)30-24(20(3)37-26)15-21-11-5-4-6-12-21/h7-10,13-14,16-17,20-21,24H,4-6,11-12,15H2,1-3H3,(H,30,34)(H,31,32,33)/t20-,24+/m0/s1. The van der Waals surface area contributed by atoms with Crippen LogP contribution in [0.1, 0.15) is 66.9 Å². The molecule has 2 N–H and O–H groups in total. The maximum atomic E-state index is 13.3. The Bertz CT molecular complexity index is 1430. The van der Waals surface area contributed by atoms with Gasteiger partial charge in [0.1, 0.15) is 6.10 Å². The van der Waals surface area contributed by atoms with Gasteiger partial charge < -0.3 is 10.1 Å². The normalized spacial score (nSPS) is 21.6. The fraction of sp³-hybridized carbons (Fsp3) is 0.414. The van der Waals surface area contributed by atoms with Crippen molar-refractivity contribution in [2.45, 2.75) is 76.3 Å². The number of ether oxygens (including phenoxy) is 1. The molecule has 1 aromatic heterocycles. The molecule has 4 bridgehead atoms. The van der Waals surface area contributed by atoms with Gasteiger partial charge in [0.15, 0.2) is 0 Å². The second kappa shape index (κ2) is 10.7. The number of amides is 1. The van der Waals surface area contributed by atoms with Crippen molar-refractivity contribution < 1.29 is 17.9 Å². The number of hydrogen-bond acceptors (Lipinski definition) is 6. The number of aryl methyl sites for hydroxylation is 2. The first-order valence-corrected chi connectivity index (χ1v) is 14.7. The van der Waals surface area contributed by atoms with E-state index in [0.29, 0.717) is 11.6 Å². The largest absolute Gasteiger partial charge is 0.472 e. The summed E-state index contributed by atoms with van der Waals surface area (Å²) in [6.45, 7) is 5.90. The first-order chi connectivity index (χ1) is 18.2. The molecule has 2 heterocycles. The Kier molecular flexibility index (Phi) is 7.38. The van der Waals surface area contributed by atoms with Crippen molar-refractivity contribution in [1.82, 2.24) is 15.3 Å². The average Bonchev–Trinajstić information content (AvgIpc) is 2.88. The number of rotatable bonds is 3. The van der Waals surface area contributed by atoms with E-state index < -0.39 is 16.1 Å². The number of aromatic nitrogens is 2. The van der Waals surface area contributed by atoms with Gasteiger partial charge in [-0.25, -0.2) is 18.1 Å². The Morgan fingerprint density at radius 2 is 1.68 bits per heavy atom. The lowest BCUT2D eigenvalue weighted by Gasteiger charge is -2.31. The van der Waals surface area contributed by atoms with Crippen LogP contribution in [0.3, 0.4) is 0 Å². The molecule has 2 aromatic carbocycles. The van der Waals surface area contributed by atoms with E-state index in [9.17, 15) is 13.2 Å². The third-order valence-corrected chi connectivity index (χ3v) is 8.90. The molecule has 200 valence electrons. The number of nitrogens with zero attached hydrogens (tertiary/aromatic N) is 2. The highest BCUT2D eigenvalue weighted by atomic mass is 32.2. The Hall–Kier alpha value is -3.46. The van der Waals surface area contributed by atoms with Crippen LogP contribution in [0, 0.1) is 19.8 Å². The molecule has 5 rings (SSSR count). The number of fused-ring (bicyclic) bond motifs is 4. The molecule has 1 fully saturated rings. The van der Waals surface area contributed by atoms with Gasteiger partial charge in [0.25, 0.3) is 15.9 Å². The zero-order valence-corrected chi connectivity index (χ0v) is 22.8. The highest BCUT2D eigenvalue weighted by Crippen LogP contribution is 2.32. The van der Waals surface area contributed by atoms with E-state index in [4.69, 9.17) is 4.74 Å². The maximum absolute atomic E-state index is 13.3. The summed E-state index contributed by atoms with van der Waals surface area (Å²) in [5, 5.41) is 3.14. The van der Waals surface area contributed by atoms with Gasteiger partial charge in [0.05, 0.1) is 16.6 Å². The van der Waals surface area contributed by atoms with Gasteiger partial charge in [-0.2, -0.15) is 4.98 Å². The fourth-order valence-corrected chi connectivity index (χ4v) is 6.52. The summed E-state index contributed by atoms with van der Waals surface area (Å²) in [5.74, 6) is 0.332. The molecule has 0 radical (unpaired) electrons. The third kappa shape index (κ3) is 5.67. The average molecular weight is 535 g/mol. The monoisotopic (exact) mass is 534 g/mol. The van der Waals surface area contributed by atoms with Gasteiger partial charge in [0, 0.05) is 17.2 Å². The Morgan fingerprint density at radius 3 is 2.42 bits per heavy atom. The lowest BCUT2D eigenvalue weighted by Crippen LogP contribution is -2.46. The highest BCUT2D eigenvalue weighted by Gasteiger charge is 2.29. The molecule has 0 spiro atoms. The van der Waals surface area contributed by atoms with E-state index in [2.05, 4.69) is 20.0 Å². The maximum Gasteiger partial charge on any atom is 0.264 e. The van der Waals surface area contributed by atoms with E-state index in [0.717, 1.165) is 36.0 Å². The van der Waals surface area contributed by atoms with Gasteiger partial charge in [-0.1, -0.05) is 56.4 Å². The van der Waals surface area contributed by atoms with Crippen molar-refractivity contribution in [3.05, 3.63) is 65.2 Å². The Balaban J connectivity index is 1.61. The summed E-state index contributed by atoms with van der Waals surface area (Å²) in [6.07, 6.45) is 6.27. The van der Waals surface area contributed by atoms with Crippen LogP contribution in [0.4, 0.5) is 5.95 Å². The minimum atomic E-state index is -4.06. The molecular formula is C29H34N4O4S. The van der Waals surface area contributed by atoms with Crippen LogP contribution in [0.2, 0.25) is 0 Å². The molecule has 0 saturated heterocycles. The van der Waals surface area contributed by atoms with Crippen LogP contribution >= 0.6 is 0 Å². The van der Waals surface area contributed by atoms with Crippen molar-refractivity contribution in [3.63, 3.8) is 0 Å². The van der Waals surface area contributed by atoms with E-state index >= 15 is 0 Å². The molecular weight excluding hydrogens is 500 g/mol. The molecule has 8 nitrogen and oxygen atoms in total. The number of carbonyl (C=O) groups is 1. The van der Waals surface area contributed by atoms with E-state index in [1.165, 1.54) is 31.4 Å². The summed E-state index contributed by atoms with van der Waals surface area (Å²) in [4.78, 5) is 22.2. The Labute approximate surface area is 224 Å². The molecule has 1 amide bonds. The van der Waals surface area contributed by atoms with Crippen molar-refractivity contribution in [1.29, 1.82) is 0 Å². The van der Waals surface area contributed by atoms with Crippen LogP contribution in [0.25, 0.3) is 11.3 Å². The zero-order chi connectivity index (χ0) is 26.9. The van der Waals surface area contributed by atoms with Crippen molar-refractivity contribution >= 4 is 21.9 Å². The van der Waals surface area contributed by atoms with Gasteiger partial charge in [-0.15, -0.1) is 0 Å². The number of hydrogen-bond donors (Lipinski definition) is 2. The SMILES string of the molecule is Cc1cccc(C)c1-c1cc2nc(n1)NS(=O)(=O)c1cccc(c1)C(=O)N[C@H](CC1CCCCC1)[C@H](C)O2. The van der Waals surface area contributed by atoms with Gasteiger partial charge in [-0.05, 0) is 62.4 Å². The second-order valence-electron chi connectivity index (χ2n) is 10.5. The van der Waals surface area contributed by atoms with Crippen molar-refractivity contribution in [3.8, 4) is 17.1 Å². The Morgan fingerprint density at radius 1 is 0.974 bits per heavy atom. The minimum absolute atomic E-state index is 0.0372. The first kappa shape index (κ1) is 26.2. The molecule has 1 aliphatic carbocycles. The summed E-state index contributed by atoms with van der Waals surface area (Å²) in [7, 11) is -4.06. The van der Waals surface area contributed by atoms with Gasteiger partial charge in [-0.3, -0.25) is 4.79 Å². The van der Waals surface area contributed by atoms with Gasteiger partial charge in [0.2, 0.25) is 11.8 Å². The molecule has 38 heavy (non-hydrogen) atoms. The lowest BCUT2D eigenvalue weighted by molar-refractivity contribution is 0.0848. The minimum Gasteiger partial charge on any atom is -0.472 e. The summed E-state index contributed by atoms with van der Waals surface area (Å²) in [5.41, 5.74) is 3.74. The fourth-order valence-electron chi connectivity index (χ4n) is 5.54. The number of sulfonamides is 1. The van der Waals surface area contributed by atoms with Gasteiger partial charge >= 0.3 is 0 Å². The van der Waals surface area contributed by atoms with Crippen LogP contribution in [-0.2, 0) is 10.0 Å². The van der Waals surface area contributed by atoms with Crippen LogP contribution < -0.4 is 14.8 Å². The van der Waals surface area contributed by atoms with Crippen molar-refractivity contribution in [2.24, 2.45) is 5.92 Å². The lowest BCUT2D eigenvalue weighted by atomic mass is 9.84. The van der Waals surface area contributed by atoms with Crippen LogP contribution in [-0.4, -0.2) is 36.4 Å². The third-order valence-electron chi connectivity index (χ3n) is 7.57. The molecule has 2 atom stereocenters. The zero-order valence-electron chi connectivity index (χ0n) is 22.0. The number of anilines is 1. The molecule has 3 aromatic rings. The molecule has 9 heteroatoms. The summed E-state index contributed by atoms with van der Waals surface area (Å²) < 4.78 is 35.4. The topological polar surface area (TPSA) is 110 Å². The van der Waals surface area contributed by atoms with Crippen LogP contribution in [0.5, 0.6) is 5.88 Å². The second-order valence-corrected chi connectivity index (χ2v) is 12.1. The highest BCUT2D eigenvalue weighted by molar-refractivity contribution is 7.92. The number of nitrogens with one attached hydrogen (secondary N) is 2. The molecule has 1 aliphatic heterocycles. The molecule has 2 aliphatic rings. The molecule has 0 unspecified atom stereocenters. The van der Waals surface area contributed by atoms with E-state index in [1.807, 2.05) is 39.0 Å². The van der Waals surface area contributed by atoms with Crippen LogP contribution in [0.15, 0.2) is 53.4 Å². The quantitative estimate of drug-likeness (QED) is 0.465. The predicted molar refractivity (Wildman–Crippen MR) is 147 cm³/mol. The first-order valence-electron chi connectivity index (χ1n) is 13.3. The number of carbonyl (C=O) groups excluding carboxylic acids is 1. The predicted octanol–water partition coefficient (Wildman–Crippen LogP) is 5.41. The van der Waals surface area contributed by atoms with E-state index in [-0.39, 0.29) is 34.2 Å². The van der Waals surface area contributed by atoms with Crippen molar-refractivity contribution in [2.75, 3.05) is 4.72 Å². The van der Waals surface area contributed by atoms with E-state index in [1.54, 1.807) is 18.2 Å². The smallest absolute Gasteiger partial charge is 0.264 e. The summed E-state index contributed by atoms with van der Waals surface area (Å²) >= 11 is 0. The number of benzene rings is 2.